The van der Waals surface area contributed by atoms with Crippen LogP contribution in [0.4, 0.5) is 0 Å². The molecule has 1 aromatic carbocycles. The smallest absolute Gasteiger partial charge is 0.347 e. The van der Waals surface area contributed by atoms with E-state index in [9.17, 15) is 4.79 Å². The summed E-state index contributed by atoms with van der Waals surface area (Å²) in [5.41, 5.74) is 0.551. The Morgan fingerprint density at radius 2 is 1.84 bits per heavy atom. The summed E-state index contributed by atoms with van der Waals surface area (Å²) in [5.74, 6) is 1.10. The van der Waals surface area contributed by atoms with Crippen molar-refractivity contribution < 1.29 is 9.15 Å². The van der Waals surface area contributed by atoms with Crippen molar-refractivity contribution in [3.05, 3.63) is 58.5 Å². The van der Waals surface area contributed by atoms with Gasteiger partial charge >= 0.3 is 5.63 Å². The van der Waals surface area contributed by atoms with Crippen molar-refractivity contribution in [2.45, 2.75) is 19.4 Å². The second kappa shape index (κ2) is 4.12. The van der Waals surface area contributed by atoms with E-state index in [2.05, 4.69) is 0 Å². The fourth-order valence-electron chi connectivity index (χ4n) is 2.06. The van der Waals surface area contributed by atoms with Gasteiger partial charge in [0.2, 0.25) is 0 Å². The van der Waals surface area contributed by atoms with Crippen LogP contribution in [-0.4, -0.2) is 5.60 Å². The van der Waals surface area contributed by atoms with Crippen LogP contribution in [0.5, 0.6) is 5.75 Å². The second-order valence-corrected chi connectivity index (χ2v) is 5.08. The number of ether oxygens (including phenoxy) is 1. The van der Waals surface area contributed by atoms with Crippen LogP contribution in [0, 0.1) is 0 Å². The van der Waals surface area contributed by atoms with Gasteiger partial charge in [-0.05, 0) is 26.0 Å². The molecule has 0 bridgehead atoms. The Kier molecular flexibility index (Phi) is 2.56. The minimum absolute atomic E-state index is 0.372. The average Bonchev–Trinajstić information content (AvgIpc) is 2.38. The predicted octanol–water partition coefficient (Wildman–Crippen LogP) is 3.49. The van der Waals surface area contributed by atoms with Crippen LogP contribution in [0.3, 0.4) is 0 Å². The highest BCUT2D eigenvalue weighted by atomic mass is 16.5. The van der Waals surface area contributed by atoms with Gasteiger partial charge < -0.3 is 9.15 Å². The summed E-state index contributed by atoms with van der Waals surface area (Å²) < 4.78 is 11.2. The second-order valence-electron chi connectivity index (χ2n) is 5.08. The highest BCUT2D eigenvalue weighted by Gasteiger charge is 2.24. The van der Waals surface area contributed by atoms with Gasteiger partial charge in [0.15, 0.2) is 0 Å². The number of rotatable bonds is 1. The summed E-state index contributed by atoms with van der Waals surface area (Å²) in [5, 5.41) is 0. The summed E-state index contributed by atoms with van der Waals surface area (Å²) in [7, 11) is 0. The van der Waals surface area contributed by atoms with E-state index in [1.54, 1.807) is 12.1 Å². The first-order chi connectivity index (χ1) is 9.05. The number of hydrogen-bond donors (Lipinski definition) is 0. The van der Waals surface area contributed by atoms with Crippen LogP contribution >= 0.6 is 0 Å². The van der Waals surface area contributed by atoms with Gasteiger partial charge in [0.25, 0.3) is 0 Å². The lowest BCUT2D eigenvalue weighted by Crippen LogP contribution is -2.29. The molecule has 0 saturated heterocycles. The van der Waals surface area contributed by atoms with E-state index in [0.29, 0.717) is 17.1 Å². The molecule has 1 aliphatic rings. The number of hydrogen-bond acceptors (Lipinski definition) is 3. The quantitative estimate of drug-likeness (QED) is 0.782. The molecule has 96 valence electrons. The van der Waals surface area contributed by atoms with Crippen molar-refractivity contribution in [2.75, 3.05) is 0 Å². The Labute approximate surface area is 111 Å². The van der Waals surface area contributed by atoms with E-state index < -0.39 is 5.60 Å². The average molecular weight is 254 g/mol. The molecule has 2 heterocycles. The molecule has 0 radical (unpaired) electrons. The predicted molar refractivity (Wildman–Crippen MR) is 74.2 cm³/mol. The van der Waals surface area contributed by atoms with Gasteiger partial charge in [0, 0.05) is 11.6 Å². The lowest BCUT2D eigenvalue weighted by molar-refractivity contribution is 0.157. The van der Waals surface area contributed by atoms with E-state index in [-0.39, 0.29) is 5.63 Å². The van der Waals surface area contributed by atoms with E-state index >= 15 is 0 Å². The SMILES string of the molecule is CC1(C)C=Cc2c(cc(-c3ccccc3)oc2=O)O1. The topological polar surface area (TPSA) is 39.4 Å². The molecule has 0 fully saturated rings. The maximum absolute atomic E-state index is 12.0. The van der Waals surface area contributed by atoms with Crippen LogP contribution in [0.15, 0.2) is 51.7 Å². The molecule has 3 rings (SSSR count). The molecule has 0 N–H and O–H groups in total. The largest absolute Gasteiger partial charge is 0.483 e. The maximum atomic E-state index is 12.0. The normalized spacial score (nSPS) is 15.7. The minimum Gasteiger partial charge on any atom is -0.483 e. The van der Waals surface area contributed by atoms with Crippen LogP contribution in [-0.2, 0) is 0 Å². The Morgan fingerprint density at radius 1 is 1.11 bits per heavy atom. The summed E-state index contributed by atoms with van der Waals surface area (Å²) in [6.07, 6.45) is 3.62. The third-order valence-electron chi connectivity index (χ3n) is 3.03. The molecule has 3 heteroatoms. The molecule has 0 amide bonds. The first-order valence-electron chi connectivity index (χ1n) is 6.17. The minimum atomic E-state index is -0.408. The van der Waals surface area contributed by atoms with E-state index in [0.717, 1.165) is 5.56 Å². The molecular formula is C16H14O3. The first-order valence-corrected chi connectivity index (χ1v) is 6.17. The monoisotopic (exact) mass is 254 g/mol. The molecule has 0 atom stereocenters. The molecule has 1 aliphatic heterocycles. The highest BCUT2D eigenvalue weighted by Crippen LogP contribution is 2.32. The molecule has 1 aromatic heterocycles. The maximum Gasteiger partial charge on any atom is 0.347 e. The molecule has 3 nitrogen and oxygen atoms in total. The van der Waals surface area contributed by atoms with Gasteiger partial charge in [-0.1, -0.05) is 30.3 Å². The Morgan fingerprint density at radius 3 is 2.58 bits per heavy atom. The van der Waals surface area contributed by atoms with Gasteiger partial charge in [-0.3, -0.25) is 0 Å². The van der Waals surface area contributed by atoms with Gasteiger partial charge in [-0.2, -0.15) is 0 Å². The molecule has 0 saturated carbocycles. The summed E-state index contributed by atoms with van der Waals surface area (Å²) >= 11 is 0. The molecule has 0 unspecified atom stereocenters. The molecule has 19 heavy (non-hydrogen) atoms. The van der Waals surface area contributed by atoms with Crippen LogP contribution in [0.25, 0.3) is 17.4 Å². The van der Waals surface area contributed by atoms with Crippen molar-refractivity contribution in [1.82, 2.24) is 0 Å². The van der Waals surface area contributed by atoms with E-state index in [4.69, 9.17) is 9.15 Å². The zero-order valence-corrected chi connectivity index (χ0v) is 10.8. The van der Waals surface area contributed by atoms with E-state index in [1.807, 2.05) is 50.3 Å². The van der Waals surface area contributed by atoms with Crippen LogP contribution in [0.2, 0.25) is 0 Å². The van der Waals surface area contributed by atoms with Gasteiger partial charge in [0.1, 0.15) is 22.7 Å². The summed E-state index contributed by atoms with van der Waals surface area (Å²) in [6.45, 7) is 3.90. The molecule has 2 aromatic rings. The van der Waals surface area contributed by atoms with Gasteiger partial charge in [0.05, 0.1) is 0 Å². The van der Waals surface area contributed by atoms with E-state index in [1.165, 1.54) is 0 Å². The molecule has 0 aliphatic carbocycles. The Bertz CT molecular complexity index is 694. The molecular weight excluding hydrogens is 240 g/mol. The zero-order valence-electron chi connectivity index (χ0n) is 10.8. The third-order valence-corrected chi connectivity index (χ3v) is 3.03. The van der Waals surface area contributed by atoms with Crippen molar-refractivity contribution in [3.8, 4) is 17.1 Å². The fourth-order valence-corrected chi connectivity index (χ4v) is 2.06. The number of benzene rings is 1. The van der Waals surface area contributed by atoms with Crippen LogP contribution in [0.1, 0.15) is 19.4 Å². The van der Waals surface area contributed by atoms with Crippen molar-refractivity contribution >= 4 is 6.08 Å². The number of fused-ring (bicyclic) bond motifs is 1. The van der Waals surface area contributed by atoms with Crippen molar-refractivity contribution in [2.24, 2.45) is 0 Å². The van der Waals surface area contributed by atoms with Crippen molar-refractivity contribution in [1.29, 1.82) is 0 Å². The van der Waals surface area contributed by atoms with Gasteiger partial charge in [-0.25, -0.2) is 4.79 Å². The summed E-state index contributed by atoms with van der Waals surface area (Å²) in [6, 6.07) is 11.3. The fraction of sp³-hybridized carbons (Fsp3) is 0.188. The highest BCUT2D eigenvalue weighted by molar-refractivity contribution is 5.65. The standard InChI is InChI=1S/C16H14O3/c1-16(2)9-8-12-14(19-16)10-13(18-15(12)17)11-6-4-3-5-7-11/h3-10H,1-2H3. The van der Waals surface area contributed by atoms with Crippen molar-refractivity contribution in [3.63, 3.8) is 0 Å². The first kappa shape index (κ1) is 11.8. The van der Waals surface area contributed by atoms with Gasteiger partial charge in [-0.15, -0.1) is 0 Å². The Balaban J connectivity index is 2.16. The lowest BCUT2D eigenvalue weighted by Gasteiger charge is -2.27. The molecule has 0 spiro atoms. The third kappa shape index (κ3) is 2.19. The summed E-state index contributed by atoms with van der Waals surface area (Å²) in [4.78, 5) is 12.0. The Hall–Kier alpha value is -2.29. The van der Waals surface area contributed by atoms with Crippen LogP contribution < -0.4 is 10.4 Å². The lowest BCUT2D eigenvalue weighted by atomic mass is 10.0. The zero-order chi connectivity index (χ0) is 13.5.